The number of nitrogens with one attached hydrogen (secondary N) is 1. The van der Waals surface area contributed by atoms with Gasteiger partial charge in [-0.25, -0.2) is 9.37 Å². The number of halogens is 1. The number of hydrogen-bond acceptors (Lipinski definition) is 3. The van der Waals surface area contributed by atoms with Gasteiger partial charge in [0.2, 0.25) is 5.91 Å². The molecule has 0 saturated carbocycles. The molecule has 0 aliphatic carbocycles. The van der Waals surface area contributed by atoms with Crippen LogP contribution in [0.3, 0.4) is 0 Å². The molecular weight excluding hydrogens is 287 g/mol. The molecule has 0 bridgehead atoms. The van der Waals surface area contributed by atoms with Gasteiger partial charge in [-0.15, -0.1) is 11.3 Å². The third-order valence-corrected chi connectivity index (χ3v) is 3.95. The summed E-state index contributed by atoms with van der Waals surface area (Å²) in [5.74, 6) is 0.286. The van der Waals surface area contributed by atoms with Crippen LogP contribution in [-0.4, -0.2) is 10.9 Å². The SMILES string of the molecule is CC(C)CCC(=O)Nc1ncc(Cc2ccc(F)cc2)s1. The van der Waals surface area contributed by atoms with E-state index in [1.807, 2.05) is 0 Å². The van der Waals surface area contributed by atoms with Crippen molar-refractivity contribution in [2.24, 2.45) is 5.92 Å². The van der Waals surface area contributed by atoms with Crippen molar-refractivity contribution in [3.05, 3.63) is 46.7 Å². The van der Waals surface area contributed by atoms with Crippen LogP contribution < -0.4 is 5.32 Å². The molecule has 3 nitrogen and oxygen atoms in total. The average Bonchev–Trinajstić information content (AvgIpc) is 2.86. The van der Waals surface area contributed by atoms with Crippen molar-refractivity contribution >= 4 is 22.4 Å². The van der Waals surface area contributed by atoms with Crippen molar-refractivity contribution in [2.75, 3.05) is 5.32 Å². The van der Waals surface area contributed by atoms with Gasteiger partial charge in [-0.3, -0.25) is 4.79 Å². The number of aromatic nitrogens is 1. The standard InChI is InChI=1S/C16H19FN2OS/c1-11(2)3-8-15(20)19-16-18-10-14(21-16)9-12-4-6-13(17)7-5-12/h4-7,10-11H,3,8-9H2,1-2H3,(H,18,19,20). The lowest BCUT2D eigenvalue weighted by molar-refractivity contribution is -0.116. The molecule has 0 fully saturated rings. The van der Waals surface area contributed by atoms with E-state index in [2.05, 4.69) is 24.1 Å². The molecule has 0 spiro atoms. The van der Waals surface area contributed by atoms with Crippen LogP contribution in [-0.2, 0) is 11.2 Å². The Balaban J connectivity index is 1.89. The molecule has 0 saturated heterocycles. The number of rotatable bonds is 6. The monoisotopic (exact) mass is 306 g/mol. The van der Waals surface area contributed by atoms with E-state index in [-0.39, 0.29) is 11.7 Å². The number of nitrogens with zero attached hydrogens (tertiary/aromatic N) is 1. The van der Waals surface area contributed by atoms with Crippen molar-refractivity contribution in [2.45, 2.75) is 33.1 Å². The average molecular weight is 306 g/mol. The minimum absolute atomic E-state index is 0.00591. The van der Waals surface area contributed by atoms with Gasteiger partial charge in [-0.2, -0.15) is 0 Å². The molecular formula is C16H19FN2OS. The van der Waals surface area contributed by atoms with E-state index < -0.39 is 0 Å². The highest BCUT2D eigenvalue weighted by atomic mass is 32.1. The van der Waals surface area contributed by atoms with E-state index in [1.54, 1.807) is 18.3 Å². The van der Waals surface area contributed by atoms with E-state index in [1.165, 1.54) is 23.5 Å². The summed E-state index contributed by atoms with van der Waals surface area (Å²) in [7, 11) is 0. The summed E-state index contributed by atoms with van der Waals surface area (Å²) in [6, 6.07) is 6.42. The third kappa shape index (κ3) is 5.27. The summed E-state index contributed by atoms with van der Waals surface area (Å²) in [5.41, 5.74) is 1.03. The van der Waals surface area contributed by atoms with E-state index in [4.69, 9.17) is 0 Å². The highest BCUT2D eigenvalue weighted by Gasteiger charge is 2.08. The quantitative estimate of drug-likeness (QED) is 0.867. The first-order valence-corrected chi connectivity index (χ1v) is 7.83. The molecule has 0 radical (unpaired) electrons. The molecule has 21 heavy (non-hydrogen) atoms. The van der Waals surface area contributed by atoms with Crippen LogP contribution >= 0.6 is 11.3 Å². The molecule has 1 heterocycles. The lowest BCUT2D eigenvalue weighted by Gasteiger charge is -2.03. The summed E-state index contributed by atoms with van der Waals surface area (Å²) >= 11 is 1.46. The molecule has 0 atom stereocenters. The Morgan fingerprint density at radius 3 is 2.71 bits per heavy atom. The molecule has 1 N–H and O–H groups in total. The van der Waals surface area contributed by atoms with Crippen LogP contribution in [0.1, 0.15) is 37.1 Å². The Bertz CT molecular complexity index is 593. The molecule has 0 aliphatic rings. The number of thiazole rings is 1. The minimum Gasteiger partial charge on any atom is -0.302 e. The van der Waals surface area contributed by atoms with Crippen molar-refractivity contribution in [1.82, 2.24) is 4.98 Å². The Morgan fingerprint density at radius 2 is 2.05 bits per heavy atom. The largest absolute Gasteiger partial charge is 0.302 e. The highest BCUT2D eigenvalue weighted by Crippen LogP contribution is 2.21. The van der Waals surface area contributed by atoms with Gasteiger partial charge in [-0.05, 0) is 30.0 Å². The van der Waals surface area contributed by atoms with Crippen LogP contribution in [0.2, 0.25) is 0 Å². The Morgan fingerprint density at radius 1 is 1.33 bits per heavy atom. The van der Waals surface area contributed by atoms with E-state index in [0.29, 0.717) is 23.9 Å². The predicted octanol–water partition coefficient (Wildman–Crippen LogP) is 4.25. The first kappa shape index (κ1) is 15.6. The van der Waals surface area contributed by atoms with Crippen molar-refractivity contribution < 1.29 is 9.18 Å². The van der Waals surface area contributed by atoms with Crippen LogP contribution in [0.4, 0.5) is 9.52 Å². The summed E-state index contributed by atoms with van der Waals surface area (Å²) in [6.45, 7) is 4.19. The molecule has 0 aliphatic heterocycles. The topological polar surface area (TPSA) is 42.0 Å². The zero-order valence-corrected chi connectivity index (χ0v) is 13.0. The first-order valence-electron chi connectivity index (χ1n) is 7.02. The first-order chi connectivity index (χ1) is 10.0. The molecule has 2 rings (SSSR count). The molecule has 112 valence electrons. The maximum Gasteiger partial charge on any atom is 0.226 e. The van der Waals surface area contributed by atoms with E-state index >= 15 is 0 Å². The van der Waals surface area contributed by atoms with E-state index in [0.717, 1.165) is 16.9 Å². The van der Waals surface area contributed by atoms with Gasteiger partial charge < -0.3 is 5.32 Å². The van der Waals surface area contributed by atoms with Gasteiger partial charge in [0.05, 0.1) is 0 Å². The number of carbonyl (C=O) groups is 1. The zero-order valence-electron chi connectivity index (χ0n) is 12.2. The Hall–Kier alpha value is -1.75. The second-order valence-electron chi connectivity index (χ2n) is 5.42. The number of amides is 1. The lowest BCUT2D eigenvalue weighted by Crippen LogP contribution is -2.11. The van der Waals surface area contributed by atoms with Gasteiger partial charge in [0.1, 0.15) is 5.82 Å². The summed E-state index contributed by atoms with van der Waals surface area (Å²) in [6.07, 6.45) is 3.84. The van der Waals surface area contributed by atoms with Crippen LogP contribution in [0, 0.1) is 11.7 Å². The second kappa shape index (κ2) is 7.31. The second-order valence-corrected chi connectivity index (χ2v) is 6.53. The number of hydrogen-bond donors (Lipinski definition) is 1. The van der Waals surface area contributed by atoms with Crippen LogP contribution in [0.15, 0.2) is 30.5 Å². The maximum absolute atomic E-state index is 12.8. The minimum atomic E-state index is -0.235. The number of carbonyl (C=O) groups excluding carboxylic acids is 1. The highest BCUT2D eigenvalue weighted by molar-refractivity contribution is 7.15. The maximum atomic E-state index is 12.8. The van der Waals surface area contributed by atoms with Gasteiger partial charge in [0, 0.05) is 23.9 Å². The fraction of sp³-hybridized carbons (Fsp3) is 0.375. The Kier molecular flexibility index (Phi) is 5.44. The fourth-order valence-electron chi connectivity index (χ4n) is 1.85. The van der Waals surface area contributed by atoms with E-state index in [9.17, 15) is 9.18 Å². The van der Waals surface area contributed by atoms with Crippen LogP contribution in [0.25, 0.3) is 0 Å². The molecule has 1 aromatic carbocycles. The molecule has 0 unspecified atom stereocenters. The summed E-state index contributed by atoms with van der Waals surface area (Å²) in [5, 5.41) is 3.45. The van der Waals surface area contributed by atoms with Gasteiger partial charge in [-0.1, -0.05) is 26.0 Å². The third-order valence-electron chi connectivity index (χ3n) is 3.04. The van der Waals surface area contributed by atoms with Crippen molar-refractivity contribution in [3.63, 3.8) is 0 Å². The van der Waals surface area contributed by atoms with Gasteiger partial charge >= 0.3 is 0 Å². The smallest absolute Gasteiger partial charge is 0.226 e. The number of benzene rings is 1. The summed E-state index contributed by atoms with van der Waals surface area (Å²) in [4.78, 5) is 17.0. The molecule has 1 aromatic heterocycles. The van der Waals surface area contributed by atoms with Crippen molar-refractivity contribution in [3.8, 4) is 0 Å². The van der Waals surface area contributed by atoms with Gasteiger partial charge in [0.25, 0.3) is 0 Å². The van der Waals surface area contributed by atoms with Crippen LogP contribution in [0.5, 0.6) is 0 Å². The lowest BCUT2D eigenvalue weighted by atomic mass is 10.1. The molecule has 1 amide bonds. The van der Waals surface area contributed by atoms with Gasteiger partial charge in [0.15, 0.2) is 5.13 Å². The molecule has 2 aromatic rings. The summed E-state index contributed by atoms with van der Waals surface area (Å²) < 4.78 is 12.8. The fourth-order valence-corrected chi connectivity index (χ4v) is 2.71. The zero-order chi connectivity index (χ0) is 15.2. The predicted molar refractivity (Wildman–Crippen MR) is 84.0 cm³/mol. The molecule has 5 heteroatoms. The normalized spacial score (nSPS) is 10.9. The Labute approximate surface area is 128 Å². The van der Waals surface area contributed by atoms with Crippen molar-refractivity contribution in [1.29, 1.82) is 0 Å². The number of anilines is 1.